The van der Waals surface area contributed by atoms with Gasteiger partial charge in [0.15, 0.2) is 5.70 Å². The molecular formula is C26H23BClF2N3O. The molecular weight excluding hydrogens is 455 g/mol. The first-order valence-corrected chi connectivity index (χ1v) is 11.5. The predicted octanol–water partition coefficient (Wildman–Crippen LogP) is 6.36. The van der Waals surface area contributed by atoms with Gasteiger partial charge in [-0.05, 0) is 79.6 Å². The highest BCUT2D eigenvalue weighted by Crippen LogP contribution is 2.40. The van der Waals surface area contributed by atoms with Crippen LogP contribution >= 0.6 is 11.6 Å². The molecule has 34 heavy (non-hydrogen) atoms. The van der Waals surface area contributed by atoms with Crippen molar-refractivity contribution in [1.29, 1.82) is 0 Å². The molecule has 0 spiro atoms. The average Bonchev–Trinajstić information content (AvgIpc) is 3.44. The molecule has 5 rings (SSSR count). The first-order chi connectivity index (χ1) is 16.4. The number of rotatable bonds is 6. The molecule has 0 unspecified atom stereocenters. The highest BCUT2D eigenvalue weighted by atomic mass is 35.5. The van der Waals surface area contributed by atoms with Gasteiger partial charge in [0.1, 0.15) is 17.7 Å². The van der Waals surface area contributed by atoms with Crippen molar-refractivity contribution in [2.75, 3.05) is 6.54 Å². The number of hydrogen-bond acceptors (Lipinski definition) is 2. The Bertz CT molecular complexity index is 1370. The van der Waals surface area contributed by atoms with Crippen molar-refractivity contribution in [3.05, 3.63) is 100.0 Å². The Kier molecular flexibility index (Phi) is 5.75. The second-order valence-corrected chi connectivity index (χ2v) is 8.77. The molecule has 2 aliphatic rings. The molecule has 0 fully saturated rings. The summed E-state index contributed by atoms with van der Waals surface area (Å²) in [6.45, 7) is -1.76. The van der Waals surface area contributed by atoms with E-state index >= 15 is 8.63 Å². The van der Waals surface area contributed by atoms with Crippen molar-refractivity contribution in [3.8, 4) is 11.5 Å². The minimum absolute atomic E-state index is 0.388. The van der Waals surface area contributed by atoms with Crippen LogP contribution in [0.3, 0.4) is 0 Å². The topological polar surface area (TPSA) is 43.2 Å². The number of aromatic nitrogens is 1. The number of benzene rings is 2. The lowest BCUT2D eigenvalue weighted by Gasteiger charge is -2.32. The Balaban J connectivity index is 1.44. The predicted molar refractivity (Wildman–Crippen MR) is 135 cm³/mol. The van der Waals surface area contributed by atoms with Crippen LogP contribution in [0.2, 0.25) is 5.02 Å². The van der Waals surface area contributed by atoms with Crippen molar-refractivity contribution < 1.29 is 17.9 Å². The molecule has 0 bridgehead atoms. The zero-order valence-electron chi connectivity index (χ0n) is 18.6. The Morgan fingerprint density at radius 2 is 1.74 bits per heavy atom. The molecule has 0 saturated carbocycles. The summed E-state index contributed by atoms with van der Waals surface area (Å²) in [7, 11) is 0. The Morgan fingerprint density at radius 1 is 1.06 bits per heavy atom. The van der Waals surface area contributed by atoms with Gasteiger partial charge in [-0.1, -0.05) is 29.8 Å². The van der Waals surface area contributed by atoms with E-state index in [4.69, 9.17) is 22.1 Å². The summed E-state index contributed by atoms with van der Waals surface area (Å²) in [6.07, 6.45) is 8.92. The van der Waals surface area contributed by atoms with Gasteiger partial charge in [-0.15, -0.1) is 0 Å². The van der Waals surface area contributed by atoms with Crippen LogP contribution in [0.1, 0.15) is 28.9 Å². The molecule has 1 aromatic heterocycles. The van der Waals surface area contributed by atoms with Gasteiger partial charge in [-0.2, -0.15) is 0 Å². The molecule has 0 saturated heterocycles. The van der Waals surface area contributed by atoms with E-state index in [0.717, 1.165) is 21.2 Å². The number of nitrogens with zero attached hydrogens (tertiary/aromatic N) is 2. The number of halogens is 3. The van der Waals surface area contributed by atoms with E-state index in [0.29, 0.717) is 46.6 Å². The number of nitrogens with two attached hydrogens (primary N) is 1. The van der Waals surface area contributed by atoms with Crippen molar-refractivity contribution in [2.45, 2.75) is 13.3 Å². The molecule has 0 amide bonds. The highest BCUT2D eigenvalue weighted by molar-refractivity contribution is 6.58. The number of ether oxygens (including phenoxy) is 1. The van der Waals surface area contributed by atoms with Gasteiger partial charge in [-0.25, -0.2) is 0 Å². The van der Waals surface area contributed by atoms with Gasteiger partial charge in [-0.3, -0.25) is 0 Å². The fraction of sp³-hybridized carbons (Fsp3) is 0.115. The van der Waals surface area contributed by atoms with Gasteiger partial charge in [0.2, 0.25) is 0 Å². The summed E-state index contributed by atoms with van der Waals surface area (Å²) in [5.74, 6) is 1.35. The number of aryl methyl sites for hydroxylation is 1. The monoisotopic (exact) mass is 477 g/mol. The van der Waals surface area contributed by atoms with Crippen LogP contribution < -0.4 is 10.5 Å². The van der Waals surface area contributed by atoms with Crippen LogP contribution in [0.25, 0.3) is 17.7 Å². The molecule has 0 radical (unpaired) electrons. The lowest BCUT2D eigenvalue weighted by Crippen LogP contribution is -2.50. The van der Waals surface area contributed by atoms with Crippen molar-refractivity contribution in [2.24, 2.45) is 5.73 Å². The van der Waals surface area contributed by atoms with Crippen molar-refractivity contribution in [1.82, 2.24) is 4.48 Å². The summed E-state index contributed by atoms with van der Waals surface area (Å²) in [6, 6.07) is 16.4. The summed E-state index contributed by atoms with van der Waals surface area (Å²) in [5, 5.41) is 0.642. The van der Waals surface area contributed by atoms with E-state index < -0.39 is 6.97 Å². The first kappa shape index (κ1) is 22.4. The van der Waals surface area contributed by atoms with Crippen LogP contribution in [0.5, 0.6) is 11.5 Å². The van der Waals surface area contributed by atoms with Crippen LogP contribution in [-0.2, 0) is 0 Å². The van der Waals surface area contributed by atoms with Crippen molar-refractivity contribution in [3.63, 3.8) is 0 Å². The zero-order chi connectivity index (χ0) is 23.9. The van der Waals surface area contributed by atoms with E-state index in [2.05, 4.69) is 0 Å². The first-order valence-electron chi connectivity index (χ1n) is 11.1. The molecule has 2 aromatic carbocycles. The van der Waals surface area contributed by atoms with E-state index in [1.165, 1.54) is 10.7 Å². The molecule has 3 aromatic rings. The highest BCUT2D eigenvalue weighted by Gasteiger charge is 2.52. The van der Waals surface area contributed by atoms with Gasteiger partial charge >= 0.3 is 6.97 Å². The summed E-state index contributed by atoms with van der Waals surface area (Å²) < 4.78 is 39.3. The van der Waals surface area contributed by atoms with E-state index in [1.807, 2.05) is 43.3 Å². The number of hydrogen-bond donors (Lipinski definition) is 1. The SMILES string of the molecule is Cc1cc(/C=C/c2ccc(Oc3ccc(Cl)cc3)cc2)n2c1C(CCN)=C1C=CC=[N+]1[B-]2(F)F. The van der Waals surface area contributed by atoms with Crippen LogP contribution in [-0.4, -0.2) is 28.7 Å². The lowest BCUT2D eigenvalue weighted by atomic mass is 9.86. The van der Waals surface area contributed by atoms with Gasteiger partial charge in [0.25, 0.3) is 0 Å². The molecule has 172 valence electrons. The molecule has 2 N–H and O–H groups in total. The van der Waals surface area contributed by atoms with Crippen LogP contribution in [0, 0.1) is 6.92 Å². The average molecular weight is 478 g/mol. The summed E-state index contributed by atoms with van der Waals surface area (Å²) in [5.41, 5.74) is 9.90. The largest absolute Gasteiger partial charge is 0.737 e. The molecule has 4 nitrogen and oxygen atoms in total. The second kappa shape index (κ2) is 8.74. The van der Waals surface area contributed by atoms with E-state index in [1.54, 1.807) is 42.5 Å². The lowest BCUT2D eigenvalue weighted by molar-refractivity contribution is -0.356. The standard InChI is InChI=1S/C26H23BClF2N3O/c1-18-17-21(33-26(18)24(14-15-31)25-3-2-16-32(25)27(33,29)30)9-4-19-5-10-22(11-6-19)34-23-12-7-20(28)8-13-23/h2-13,16-17H,14-15,31H2,1H3/b9-4+. The van der Waals surface area contributed by atoms with Crippen LogP contribution in [0.15, 0.2) is 72.4 Å². The number of allylic oxidation sites excluding steroid dienone is 2. The molecule has 2 aliphatic heterocycles. The molecule has 0 aliphatic carbocycles. The smallest absolute Gasteiger partial charge is 0.457 e. The summed E-state index contributed by atoms with van der Waals surface area (Å²) in [4.78, 5) is 0. The molecule has 8 heteroatoms. The minimum atomic E-state index is -4.01. The second-order valence-electron chi connectivity index (χ2n) is 8.34. The van der Waals surface area contributed by atoms with Crippen molar-refractivity contribution >= 4 is 42.5 Å². The fourth-order valence-corrected chi connectivity index (χ4v) is 4.68. The maximum Gasteiger partial charge on any atom is 0.737 e. The number of fused-ring (bicyclic) bond motifs is 2. The fourth-order valence-electron chi connectivity index (χ4n) is 4.55. The van der Waals surface area contributed by atoms with Gasteiger partial charge in [0.05, 0.1) is 0 Å². The third-order valence-corrected chi connectivity index (χ3v) is 6.30. The van der Waals surface area contributed by atoms with Gasteiger partial charge in [0, 0.05) is 34.1 Å². The Morgan fingerprint density at radius 3 is 2.41 bits per heavy atom. The molecule has 0 atom stereocenters. The Labute approximate surface area is 202 Å². The quantitative estimate of drug-likeness (QED) is 0.420. The van der Waals surface area contributed by atoms with E-state index in [-0.39, 0.29) is 0 Å². The third-order valence-electron chi connectivity index (χ3n) is 6.05. The maximum atomic E-state index is 15.6. The van der Waals surface area contributed by atoms with E-state index in [9.17, 15) is 0 Å². The Hall–Kier alpha value is -3.42. The maximum absolute atomic E-state index is 15.6. The summed E-state index contributed by atoms with van der Waals surface area (Å²) >= 11 is 5.91. The zero-order valence-corrected chi connectivity index (χ0v) is 19.3. The van der Waals surface area contributed by atoms with Gasteiger partial charge < -0.3 is 28.1 Å². The normalized spacial score (nSPS) is 16.1. The minimum Gasteiger partial charge on any atom is -0.457 e. The van der Waals surface area contributed by atoms with Crippen LogP contribution in [0.4, 0.5) is 8.63 Å². The molecule has 3 heterocycles. The third kappa shape index (κ3) is 3.91.